The Labute approximate surface area is 112 Å². The van der Waals surface area contributed by atoms with Crippen LogP contribution in [0.25, 0.3) is 0 Å². The van der Waals surface area contributed by atoms with Crippen molar-refractivity contribution in [3.63, 3.8) is 0 Å². The van der Waals surface area contributed by atoms with Crippen molar-refractivity contribution in [2.45, 2.75) is 45.3 Å². The van der Waals surface area contributed by atoms with Crippen molar-refractivity contribution >= 4 is 12.1 Å². The number of ether oxygens (including phenoxy) is 2. The minimum Gasteiger partial charge on any atom is -0.481 e. The second-order valence-corrected chi connectivity index (χ2v) is 6.30. The number of carbonyl (C=O) groups is 2. The molecule has 0 aliphatic carbocycles. The van der Waals surface area contributed by atoms with Crippen LogP contribution in [0.1, 0.15) is 33.6 Å². The first-order valence-corrected chi connectivity index (χ1v) is 6.57. The molecule has 0 spiro atoms. The number of carboxylic acids is 1. The number of aliphatic carboxylic acids is 1. The number of carboxylic acid groups (broad SMARTS) is 1. The Morgan fingerprint density at radius 1 is 1.37 bits per heavy atom. The smallest absolute Gasteiger partial charge is 0.410 e. The van der Waals surface area contributed by atoms with Crippen molar-refractivity contribution in [1.82, 2.24) is 4.90 Å². The lowest BCUT2D eigenvalue weighted by Crippen LogP contribution is -2.67. The van der Waals surface area contributed by atoms with Crippen LogP contribution < -0.4 is 0 Å². The largest absolute Gasteiger partial charge is 0.481 e. The predicted octanol–water partition coefficient (Wildman–Crippen LogP) is 1.49. The molecule has 2 heterocycles. The van der Waals surface area contributed by atoms with Crippen molar-refractivity contribution in [1.29, 1.82) is 0 Å². The molecule has 108 valence electrons. The van der Waals surface area contributed by atoms with E-state index >= 15 is 0 Å². The van der Waals surface area contributed by atoms with Crippen LogP contribution in [0, 0.1) is 5.41 Å². The fourth-order valence-corrected chi connectivity index (χ4v) is 2.58. The van der Waals surface area contributed by atoms with E-state index in [0.29, 0.717) is 6.61 Å². The molecule has 2 fully saturated rings. The van der Waals surface area contributed by atoms with Gasteiger partial charge in [-0.3, -0.25) is 4.79 Å². The van der Waals surface area contributed by atoms with Gasteiger partial charge in [-0.2, -0.15) is 0 Å². The van der Waals surface area contributed by atoms with Crippen LogP contribution in [0.4, 0.5) is 4.79 Å². The van der Waals surface area contributed by atoms with Crippen molar-refractivity contribution in [3.05, 3.63) is 0 Å². The zero-order valence-corrected chi connectivity index (χ0v) is 11.6. The average Bonchev–Trinajstić information content (AvgIpc) is 2.65. The van der Waals surface area contributed by atoms with Gasteiger partial charge in [0.2, 0.25) is 0 Å². The van der Waals surface area contributed by atoms with E-state index in [1.165, 1.54) is 4.90 Å². The number of hydrogen-bond acceptors (Lipinski definition) is 4. The molecule has 6 heteroatoms. The predicted molar refractivity (Wildman–Crippen MR) is 66.8 cm³/mol. The van der Waals surface area contributed by atoms with Gasteiger partial charge in [-0.05, 0) is 33.6 Å². The molecular weight excluding hydrogens is 250 g/mol. The highest BCUT2D eigenvalue weighted by molar-refractivity contribution is 5.81. The minimum atomic E-state index is -0.951. The molecule has 1 N–H and O–H groups in total. The summed E-state index contributed by atoms with van der Waals surface area (Å²) in [5, 5.41) is 9.42. The van der Waals surface area contributed by atoms with Crippen molar-refractivity contribution in [3.8, 4) is 0 Å². The van der Waals surface area contributed by atoms with Crippen LogP contribution in [0.5, 0.6) is 0 Å². The van der Waals surface area contributed by atoms with Crippen molar-refractivity contribution in [2.75, 3.05) is 19.7 Å². The lowest BCUT2D eigenvalue weighted by Gasteiger charge is -2.49. The third kappa shape index (κ3) is 2.68. The molecule has 1 amide bonds. The highest BCUT2D eigenvalue weighted by Crippen LogP contribution is 2.40. The maximum Gasteiger partial charge on any atom is 0.410 e. The Hall–Kier alpha value is -1.30. The van der Waals surface area contributed by atoms with Gasteiger partial charge in [0.25, 0.3) is 0 Å². The standard InChI is InChI=1S/C13H21NO5/c1-12(2,3)19-11(17)14-7-13(8-14,10(15)16)9-5-4-6-18-9/h9H,4-8H2,1-3H3,(H,15,16). The van der Waals surface area contributed by atoms with Gasteiger partial charge < -0.3 is 19.5 Å². The van der Waals surface area contributed by atoms with Gasteiger partial charge >= 0.3 is 12.1 Å². The van der Waals surface area contributed by atoms with E-state index in [-0.39, 0.29) is 19.2 Å². The van der Waals surface area contributed by atoms with Gasteiger partial charge in [0.15, 0.2) is 0 Å². The highest BCUT2D eigenvalue weighted by Gasteiger charge is 2.58. The van der Waals surface area contributed by atoms with Crippen LogP contribution in [0.2, 0.25) is 0 Å². The first kappa shape index (κ1) is 14.1. The average molecular weight is 271 g/mol. The molecule has 6 nitrogen and oxygen atoms in total. The molecule has 1 atom stereocenters. The lowest BCUT2D eigenvalue weighted by molar-refractivity contribution is -0.174. The summed E-state index contributed by atoms with van der Waals surface area (Å²) >= 11 is 0. The Kier molecular flexibility index (Phi) is 3.47. The summed E-state index contributed by atoms with van der Waals surface area (Å²) in [5.74, 6) is -0.890. The van der Waals surface area contributed by atoms with E-state index in [4.69, 9.17) is 9.47 Å². The van der Waals surface area contributed by atoms with Crippen LogP contribution in [0.15, 0.2) is 0 Å². The highest BCUT2D eigenvalue weighted by atomic mass is 16.6. The number of hydrogen-bond donors (Lipinski definition) is 1. The van der Waals surface area contributed by atoms with E-state index in [9.17, 15) is 14.7 Å². The van der Waals surface area contributed by atoms with E-state index in [1.807, 2.05) is 0 Å². The molecular formula is C13H21NO5. The third-order valence-electron chi connectivity index (χ3n) is 3.57. The zero-order chi connectivity index (χ0) is 14.3. The molecule has 0 saturated carbocycles. The fourth-order valence-electron chi connectivity index (χ4n) is 2.58. The maximum atomic E-state index is 11.8. The second-order valence-electron chi connectivity index (χ2n) is 6.30. The summed E-state index contributed by atoms with van der Waals surface area (Å²) in [6.45, 7) is 6.30. The first-order valence-electron chi connectivity index (χ1n) is 6.57. The topological polar surface area (TPSA) is 76.1 Å². The Balaban J connectivity index is 1.98. The van der Waals surface area contributed by atoms with E-state index in [1.54, 1.807) is 20.8 Å². The van der Waals surface area contributed by atoms with Crippen molar-refractivity contribution in [2.24, 2.45) is 5.41 Å². The van der Waals surface area contributed by atoms with E-state index < -0.39 is 23.1 Å². The number of rotatable bonds is 2. The number of amides is 1. The molecule has 0 radical (unpaired) electrons. The van der Waals surface area contributed by atoms with E-state index in [0.717, 1.165) is 12.8 Å². The molecule has 2 aliphatic heterocycles. The summed E-state index contributed by atoms with van der Waals surface area (Å²) in [6, 6.07) is 0. The Morgan fingerprint density at radius 3 is 2.42 bits per heavy atom. The molecule has 2 aliphatic rings. The minimum absolute atomic E-state index is 0.169. The quantitative estimate of drug-likeness (QED) is 0.823. The van der Waals surface area contributed by atoms with Gasteiger partial charge in [0.05, 0.1) is 6.10 Å². The molecule has 0 aromatic carbocycles. The molecule has 2 saturated heterocycles. The van der Waals surface area contributed by atoms with Crippen LogP contribution in [-0.2, 0) is 14.3 Å². The Morgan fingerprint density at radius 2 is 2.00 bits per heavy atom. The summed E-state index contributed by atoms with van der Waals surface area (Å²) in [4.78, 5) is 24.8. The molecule has 19 heavy (non-hydrogen) atoms. The fraction of sp³-hybridized carbons (Fsp3) is 0.846. The molecule has 0 bridgehead atoms. The number of carbonyl (C=O) groups excluding carboxylic acids is 1. The Bertz CT molecular complexity index is 375. The van der Waals surface area contributed by atoms with Gasteiger partial charge in [0, 0.05) is 19.7 Å². The van der Waals surface area contributed by atoms with Crippen LogP contribution in [0.3, 0.4) is 0 Å². The SMILES string of the molecule is CC(C)(C)OC(=O)N1CC(C(=O)O)(C2CCCO2)C1. The van der Waals surface area contributed by atoms with Gasteiger partial charge in [-0.15, -0.1) is 0 Å². The molecule has 0 aromatic rings. The molecule has 0 aromatic heterocycles. The normalized spacial score (nSPS) is 25.8. The van der Waals surface area contributed by atoms with Crippen LogP contribution in [-0.4, -0.2) is 53.5 Å². The van der Waals surface area contributed by atoms with Crippen LogP contribution >= 0.6 is 0 Å². The monoisotopic (exact) mass is 271 g/mol. The molecule has 1 unspecified atom stereocenters. The summed E-state index contributed by atoms with van der Waals surface area (Å²) in [6.07, 6.45) is 0.881. The zero-order valence-electron chi connectivity index (χ0n) is 11.6. The van der Waals surface area contributed by atoms with Gasteiger partial charge in [0.1, 0.15) is 11.0 Å². The van der Waals surface area contributed by atoms with Crippen molar-refractivity contribution < 1.29 is 24.2 Å². The molecule has 2 rings (SSSR count). The number of likely N-dealkylation sites (tertiary alicyclic amines) is 1. The summed E-state index contributed by atoms with van der Waals surface area (Å²) < 4.78 is 10.7. The lowest BCUT2D eigenvalue weighted by atomic mass is 9.74. The first-order chi connectivity index (χ1) is 8.74. The number of nitrogens with zero attached hydrogens (tertiary/aromatic N) is 1. The van der Waals surface area contributed by atoms with Gasteiger partial charge in [-0.25, -0.2) is 4.79 Å². The third-order valence-corrected chi connectivity index (χ3v) is 3.57. The van der Waals surface area contributed by atoms with Gasteiger partial charge in [-0.1, -0.05) is 0 Å². The summed E-state index contributed by atoms with van der Waals surface area (Å²) in [7, 11) is 0. The summed E-state index contributed by atoms with van der Waals surface area (Å²) in [5.41, 5.74) is -1.52. The van der Waals surface area contributed by atoms with E-state index in [2.05, 4.69) is 0 Å². The maximum absolute atomic E-state index is 11.8. The second kappa shape index (κ2) is 4.67.